The first-order valence-corrected chi connectivity index (χ1v) is 8.26. The Bertz CT molecular complexity index is 1140. The number of nitrogens with one attached hydrogen (secondary N) is 1. The molecule has 1 N–H and O–H groups in total. The minimum Gasteiger partial charge on any atom is -0.449 e. The number of fused-ring (bicyclic) bond motifs is 1. The number of esters is 1. The van der Waals surface area contributed by atoms with Crippen LogP contribution >= 0.6 is 0 Å². The number of carbonyl (C=O) groups excluding carboxylic acids is 2. The SMILES string of the molecule is Cc1ccc2oc(C(=O)O[C@H](C)C(=O)Nc3ccc(F)cc3F)cc(=O)c2c1. The second-order valence-electron chi connectivity index (χ2n) is 6.14. The first-order valence-electron chi connectivity index (χ1n) is 8.26. The summed E-state index contributed by atoms with van der Waals surface area (Å²) in [5.74, 6) is -3.99. The zero-order valence-corrected chi connectivity index (χ0v) is 14.9. The van der Waals surface area contributed by atoms with Crippen LogP contribution < -0.4 is 10.7 Å². The highest BCUT2D eigenvalue weighted by molar-refractivity contribution is 5.97. The summed E-state index contributed by atoms with van der Waals surface area (Å²) in [5, 5.41) is 2.51. The fourth-order valence-electron chi connectivity index (χ4n) is 2.47. The van der Waals surface area contributed by atoms with Crippen molar-refractivity contribution in [3.05, 3.63) is 75.6 Å². The van der Waals surface area contributed by atoms with Crippen LogP contribution in [0.25, 0.3) is 11.0 Å². The van der Waals surface area contributed by atoms with Crippen molar-refractivity contribution in [3.63, 3.8) is 0 Å². The van der Waals surface area contributed by atoms with E-state index in [2.05, 4.69) is 5.32 Å². The van der Waals surface area contributed by atoms with E-state index in [0.29, 0.717) is 11.5 Å². The average molecular weight is 387 g/mol. The van der Waals surface area contributed by atoms with E-state index in [1.165, 1.54) is 6.92 Å². The number of benzene rings is 2. The number of hydrogen-bond donors (Lipinski definition) is 1. The monoisotopic (exact) mass is 387 g/mol. The number of rotatable bonds is 4. The molecule has 1 amide bonds. The minimum atomic E-state index is -1.32. The molecule has 3 rings (SSSR count). The topological polar surface area (TPSA) is 85.6 Å². The highest BCUT2D eigenvalue weighted by Crippen LogP contribution is 2.17. The van der Waals surface area contributed by atoms with Crippen molar-refractivity contribution in [1.29, 1.82) is 0 Å². The van der Waals surface area contributed by atoms with E-state index in [9.17, 15) is 23.2 Å². The highest BCUT2D eigenvalue weighted by Gasteiger charge is 2.22. The summed E-state index contributed by atoms with van der Waals surface area (Å²) in [6, 6.07) is 8.50. The molecule has 2 aromatic carbocycles. The summed E-state index contributed by atoms with van der Waals surface area (Å²) in [6.07, 6.45) is -1.32. The summed E-state index contributed by atoms with van der Waals surface area (Å²) in [7, 11) is 0. The van der Waals surface area contributed by atoms with E-state index in [4.69, 9.17) is 9.15 Å². The first kappa shape index (κ1) is 19.2. The van der Waals surface area contributed by atoms with Gasteiger partial charge in [0.05, 0.1) is 11.1 Å². The van der Waals surface area contributed by atoms with Crippen LogP contribution in [-0.2, 0) is 9.53 Å². The van der Waals surface area contributed by atoms with E-state index in [1.54, 1.807) is 18.2 Å². The fourth-order valence-corrected chi connectivity index (χ4v) is 2.47. The van der Waals surface area contributed by atoms with Crippen LogP contribution in [0.5, 0.6) is 0 Å². The fraction of sp³-hybridized carbons (Fsp3) is 0.150. The molecule has 6 nitrogen and oxygen atoms in total. The van der Waals surface area contributed by atoms with Crippen molar-refractivity contribution in [3.8, 4) is 0 Å². The maximum absolute atomic E-state index is 13.6. The molecule has 1 heterocycles. The molecule has 0 aliphatic heterocycles. The Labute approximate surface area is 157 Å². The lowest BCUT2D eigenvalue weighted by Gasteiger charge is -2.13. The van der Waals surface area contributed by atoms with Gasteiger partial charge in [0, 0.05) is 12.1 Å². The molecule has 1 atom stereocenters. The van der Waals surface area contributed by atoms with Gasteiger partial charge in [-0.1, -0.05) is 11.6 Å². The van der Waals surface area contributed by atoms with Crippen molar-refractivity contribution in [2.75, 3.05) is 5.32 Å². The molecule has 0 spiro atoms. The largest absolute Gasteiger partial charge is 0.449 e. The normalized spacial score (nSPS) is 11.9. The van der Waals surface area contributed by atoms with Gasteiger partial charge < -0.3 is 14.5 Å². The van der Waals surface area contributed by atoms with E-state index in [-0.39, 0.29) is 17.0 Å². The second-order valence-corrected chi connectivity index (χ2v) is 6.14. The predicted molar refractivity (Wildman–Crippen MR) is 97.1 cm³/mol. The number of amides is 1. The van der Waals surface area contributed by atoms with Crippen molar-refractivity contribution in [2.24, 2.45) is 0 Å². The van der Waals surface area contributed by atoms with Crippen LogP contribution in [0.2, 0.25) is 0 Å². The maximum Gasteiger partial charge on any atom is 0.375 e. The van der Waals surface area contributed by atoms with Crippen LogP contribution in [-0.4, -0.2) is 18.0 Å². The van der Waals surface area contributed by atoms with Crippen molar-refractivity contribution >= 4 is 28.5 Å². The maximum atomic E-state index is 13.6. The Morgan fingerprint density at radius 3 is 2.57 bits per heavy atom. The zero-order valence-electron chi connectivity index (χ0n) is 14.9. The van der Waals surface area contributed by atoms with Crippen LogP contribution in [0.3, 0.4) is 0 Å². The van der Waals surface area contributed by atoms with Gasteiger partial charge in [0.2, 0.25) is 5.76 Å². The molecule has 3 aromatic rings. The molecule has 0 unspecified atom stereocenters. The van der Waals surface area contributed by atoms with Gasteiger partial charge in [-0.05, 0) is 38.1 Å². The number of hydrogen-bond acceptors (Lipinski definition) is 5. The Morgan fingerprint density at radius 2 is 1.86 bits per heavy atom. The molecule has 1 aromatic heterocycles. The third kappa shape index (κ3) is 4.06. The van der Waals surface area contributed by atoms with E-state index in [0.717, 1.165) is 23.8 Å². The molecule has 28 heavy (non-hydrogen) atoms. The Kier molecular flexibility index (Phi) is 5.21. The van der Waals surface area contributed by atoms with Gasteiger partial charge in [-0.2, -0.15) is 0 Å². The van der Waals surface area contributed by atoms with Gasteiger partial charge in [-0.25, -0.2) is 13.6 Å². The molecule has 0 radical (unpaired) electrons. The highest BCUT2D eigenvalue weighted by atomic mass is 19.1. The van der Waals surface area contributed by atoms with Gasteiger partial charge in [-0.15, -0.1) is 0 Å². The zero-order chi connectivity index (χ0) is 20.4. The Balaban J connectivity index is 1.74. The Morgan fingerprint density at radius 1 is 1.11 bits per heavy atom. The molecule has 0 fully saturated rings. The van der Waals surface area contributed by atoms with Gasteiger partial charge in [-0.3, -0.25) is 9.59 Å². The standard InChI is InChI=1S/C20H15F2NO5/c1-10-3-6-17-13(7-10)16(24)9-18(28-17)20(26)27-11(2)19(25)23-15-5-4-12(21)8-14(15)22/h3-9,11H,1-2H3,(H,23,25)/t11-/m1/s1. The van der Waals surface area contributed by atoms with Gasteiger partial charge in [0.15, 0.2) is 11.5 Å². The second kappa shape index (κ2) is 7.59. The van der Waals surface area contributed by atoms with E-state index in [1.807, 2.05) is 6.92 Å². The molecule has 0 aliphatic rings. The van der Waals surface area contributed by atoms with E-state index >= 15 is 0 Å². The number of anilines is 1. The molecular formula is C20H15F2NO5. The third-order valence-corrected chi connectivity index (χ3v) is 3.93. The van der Waals surface area contributed by atoms with Crippen LogP contribution in [0, 0.1) is 18.6 Å². The summed E-state index contributed by atoms with van der Waals surface area (Å²) in [4.78, 5) is 36.5. The first-order chi connectivity index (χ1) is 13.2. The summed E-state index contributed by atoms with van der Waals surface area (Å²) >= 11 is 0. The molecular weight excluding hydrogens is 372 g/mol. The smallest absolute Gasteiger partial charge is 0.375 e. The summed E-state index contributed by atoms with van der Waals surface area (Å²) in [5.41, 5.74) is 0.369. The van der Waals surface area contributed by atoms with Gasteiger partial charge in [0.1, 0.15) is 17.2 Å². The third-order valence-electron chi connectivity index (χ3n) is 3.93. The lowest BCUT2D eigenvalue weighted by molar-refractivity contribution is -0.123. The number of aryl methyl sites for hydroxylation is 1. The Hall–Kier alpha value is -3.55. The number of carbonyl (C=O) groups is 2. The summed E-state index contributed by atoms with van der Waals surface area (Å²) in [6.45, 7) is 3.07. The summed E-state index contributed by atoms with van der Waals surface area (Å²) < 4.78 is 36.9. The van der Waals surface area contributed by atoms with E-state index < -0.39 is 35.0 Å². The molecule has 8 heteroatoms. The van der Waals surface area contributed by atoms with Crippen molar-refractivity contribution in [1.82, 2.24) is 0 Å². The predicted octanol–water partition coefficient (Wildman–Crippen LogP) is 3.56. The average Bonchev–Trinajstić information content (AvgIpc) is 2.64. The number of halogens is 2. The minimum absolute atomic E-state index is 0.204. The lowest BCUT2D eigenvalue weighted by atomic mass is 10.1. The number of ether oxygens (including phenoxy) is 1. The molecule has 144 valence electrons. The quantitative estimate of drug-likeness (QED) is 0.692. The van der Waals surface area contributed by atoms with Crippen LogP contribution in [0.1, 0.15) is 23.0 Å². The molecule has 0 bridgehead atoms. The molecule has 0 saturated carbocycles. The van der Waals surface area contributed by atoms with Crippen molar-refractivity contribution < 1.29 is 27.5 Å². The van der Waals surface area contributed by atoms with Crippen molar-refractivity contribution in [2.45, 2.75) is 20.0 Å². The molecule has 0 aliphatic carbocycles. The molecule has 0 saturated heterocycles. The lowest BCUT2D eigenvalue weighted by Crippen LogP contribution is -2.30. The van der Waals surface area contributed by atoms with Gasteiger partial charge in [0.25, 0.3) is 5.91 Å². The van der Waals surface area contributed by atoms with Crippen LogP contribution in [0.4, 0.5) is 14.5 Å². The van der Waals surface area contributed by atoms with Gasteiger partial charge >= 0.3 is 5.97 Å². The van der Waals surface area contributed by atoms with Crippen LogP contribution in [0.15, 0.2) is 51.7 Å².